The highest BCUT2D eigenvalue weighted by Crippen LogP contribution is 2.22. The molecule has 1 aromatic carbocycles. The number of carbonyl (C=O) groups excluding carboxylic acids is 1. The molecule has 0 atom stereocenters. The summed E-state index contributed by atoms with van der Waals surface area (Å²) < 4.78 is 1.64. The summed E-state index contributed by atoms with van der Waals surface area (Å²) in [7, 11) is 1.95. The molecule has 22 heavy (non-hydrogen) atoms. The Morgan fingerprint density at radius 2 is 2.05 bits per heavy atom. The highest BCUT2D eigenvalue weighted by Gasteiger charge is 2.16. The predicted molar refractivity (Wildman–Crippen MR) is 86.6 cm³/mol. The number of anilines is 1. The lowest BCUT2D eigenvalue weighted by molar-refractivity contribution is 0.101. The van der Waals surface area contributed by atoms with Crippen LogP contribution >= 0.6 is 11.6 Å². The zero-order chi connectivity index (χ0) is 15.7. The molecule has 0 amide bonds. The molecule has 0 fully saturated rings. The molecule has 0 N–H and O–H groups in total. The van der Waals surface area contributed by atoms with Crippen molar-refractivity contribution in [2.75, 3.05) is 11.9 Å². The molecule has 0 bridgehead atoms. The van der Waals surface area contributed by atoms with Gasteiger partial charge in [-0.15, -0.1) is 0 Å². The zero-order valence-electron chi connectivity index (χ0n) is 12.3. The van der Waals surface area contributed by atoms with Crippen molar-refractivity contribution in [2.24, 2.45) is 0 Å². The fourth-order valence-electron chi connectivity index (χ4n) is 2.38. The largest absolute Gasteiger partial charge is 0.355 e. The Labute approximate surface area is 133 Å². The first-order valence-corrected chi connectivity index (χ1v) is 7.24. The molecule has 0 aliphatic heterocycles. The molecule has 0 radical (unpaired) electrons. The average Bonchev–Trinajstić information content (AvgIpc) is 2.91. The highest BCUT2D eigenvalue weighted by atomic mass is 35.5. The van der Waals surface area contributed by atoms with Crippen LogP contribution in [-0.2, 0) is 6.54 Å². The van der Waals surface area contributed by atoms with Gasteiger partial charge in [0.15, 0.2) is 11.4 Å². The molecule has 5 nitrogen and oxygen atoms in total. The van der Waals surface area contributed by atoms with E-state index in [1.54, 1.807) is 10.6 Å². The smallest absolute Gasteiger partial charge is 0.169 e. The van der Waals surface area contributed by atoms with Gasteiger partial charge in [-0.25, -0.2) is 4.98 Å². The van der Waals surface area contributed by atoms with Gasteiger partial charge in [0.05, 0.1) is 11.8 Å². The maximum absolute atomic E-state index is 11.7. The molecule has 0 aliphatic rings. The van der Waals surface area contributed by atoms with Crippen LogP contribution in [0.15, 0.2) is 42.6 Å². The highest BCUT2D eigenvalue weighted by molar-refractivity contribution is 6.29. The van der Waals surface area contributed by atoms with Crippen molar-refractivity contribution in [3.05, 3.63) is 58.9 Å². The van der Waals surface area contributed by atoms with Crippen molar-refractivity contribution < 1.29 is 4.79 Å². The first kappa shape index (κ1) is 14.5. The summed E-state index contributed by atoms with van der Waals surface area (Å²) in [6.45, 7) is 2.19. The lowest BCUT2D eigenvalue weighted by Crippen LogP contribution is -2.20. The number of benzene rings is 1. The molecular formula is C16H15ClN4O. The Kier molecular flexibility index (Phi) is 3.81. The predicted octanol–water partition coefficient (Wildman–Crippen LogP) is 3.22. The van der Waals surface area contributed by atoms with E-state index < -0.39 is 0 Å². The minimum absolute atomic E-state index is 0.0820. The SMILES string of the molecule is CC(=O)c1cnn2c(N(C)Cc3ccccc3)cc(Cl)nc12. The minimum Gasteiger partial charge on any atom is -0.355 e. The molecule has 112 valence electrons. The van der Waals surface area contributed by atoms with E-state index >= 15 is 0 Å². The minimum atomic E-state index is -0.0820. The maximum atomic E-state index is 11.7. The molecule has 0 aliphatic carbocycles. The molecule has 0 unspecified atom stereocenters. The van der Waals surface area contributed by atoms with Gasteiger partial charge in [0, 0.05) is 19.7 Å². The van der Waals surface area contributed by atoms with Crippen molar-refractivity contribution >= 4 is 28.8 Å². The van der Waals surface area contributed by atoms with Gasteiger partial charge >= 0.3 is 0 Å². The number of nitrogens with zero attached hydrogens (tertiary/aromatic N) is 4. The van der Waals surface area contributed by atoms with Crippen molar-refractivity contribution in [1.82, 2.24) is 14.6 Å². The second-order valence-corrected chi connectivity index (χ2v) is 5.52. The van der Waals surface area contributed by atoms with Crippen LogP contribution in [0.4, 0.5) is 5.82 Å². The lowest BCUT2D eigenvalue weighted by atomic mass is 10.2. The van der Waals surface area contributed by atoms with E-state index in [4.69, 9.17) is 11.6 Å². The summed E-state index contributed by atoms with van der Waals surface area (Å²) in [5.41, 5.74) is 2.12. The Balaban J connectivity index is 2.04. The number of rotatable bonds is 4. The van der Waals surface area contributed by atoms with E-state index in [1.807, 2.05) is 30.1 Å². The third-order valence-corrected chi connectivity index (χ3v) is 3.65. The molecule has 2 heterocycles. The van der Waals surface area contributed by atoms with E-state index in [0.29, 0.717) is 22.9 Å². The average molecular weight is 315 g/mol. The van der Waals surface area contributed by atoms with Gasteiger partial charge in [-0.2, -0.15) is 9.61 Å². The third kappa shape index (κ3) is 2.67. The van der Waals surface area contributed by atoms with Crippen molar-refractivity contribution in [2.45, 2.75) is 13.5 Å². The number of hydrogen-bond acceptors (Lipinski definition) is 4. The van der Waals surface area contributed by atoms with Crippen molar-refractivity contribution in [1.29, 1.82) is 0 Å². The van der Waals surface area contributed by atoms with Crippen molar-refractivity contribution in [3.8, 4) is 0 Å². The van der Waals surface area contributed by atoms with E-state index in [9.17, 15) is 4.79 Å². The van der Waals surface area contributed by atoms with Crippen LogP contribution in [0.1, 0.15) is 22.8 Å². The topological polar surface area (TPSA) is 50.5 Å². The molecule has 0 saturated heterocycles. The summed E-state index contributed by atoms with van der Waals surface area (Å²) in [6, 6.07) is 11.8. The van der Waals surface area contributed by atoms with Crippen LogP contribution in [0.5, 0.6) is 0 Å². The summed E-state index contributed by atoms with van der Waals surface area (Å²) >= 11 is 6.11. The maximum Gasteiger partial charge on any atom is 0.169 e. The van der Waals surface area contributed by atoms with Gasteiger partial charge in [0.2, 0.25) is 0 Å². The Bertz CT molecular complexity index is 829. The summed E-state index contributed by atoms with van der Waals surface area (Å²) in [6.07, 6.45) is 1.53. The molecular weight excluding hydrogens is 300 g/mol. The fraction of sp³-hybridized carbons (Fsp3) is 0.188. The standard InChI is InChI=1S/C16H15ClN4O/c1-11(22)13-9-18-21-15(8-14(17)19-16(13)21)20(2)10-12-6-4-3-5-7-12/h3-9H,10H2,1-2H3. The van der Waals surface area contributed by atoms with Crippen molar-refractivity contribution in [3.63, 3.8) is 0 Å². The van der Waals surface area contributed by atoms with Crippen LogP contribution < -0.4 is 4.90 Å². The molecule has 3 rings (SSSR count). The molecule has 6 heteroatoms. The number of Topliss-reactive ketones (excluding diaryl/α,β-unsaturated/α-hetero) is 1. The Morgan fingerprint density at radius 3 is 2.73 bits per heavy atom. The summed E-state index contributed by atoms with van der Waals surface area (Å²) in [5.74, 6) is 0.702. The van der Waals surface area contributed by atoms with Gasteiger partial charge in [-0.3, -0.25) is 4.79 Å². The number of carbonyl (C=O) groups is 1. The van der Waals surface area contributed by atoms with Gasteiger partial charge in [-0.1, -0.05) is 41.9 Å². The second kappa shape index (κ2) is 5.77. The Hall–Kier alpha value is -2.40. The van der Waals surface area contributed by atoms with Crippen LogP contribution in [0.3, 0.4) is 0 Å². The van der Waals surface area contributed by atoms with Gasteiger partial charge in [0.1, 0.15) is 11.0 Å². The molecule has 0 saturated carbocycles. The monoisotopic (exact) mass is 314 g/mol. The third-order valence-electron chi connectivity index (χ3n) is 3.45. The normalized spacial score (nSPS) is 10.9. The van der Waals surface area contributed by atoms with Gasteiger partial charge < -0.3 is 4.90 Å². The van der Waals surface area contributed by atoms with E-state index in [0.717, 1.165) is 5.82 Å². The molecule has 3 aromatic rings. The lowest BCUT2D eigenvalue weighted by Gasteiger charge is -2.20. The number of aromatic nitrogens is 3. The first-order valence-electron chi connectivity index (χ1n) is 6.86. The quantitative estimate of drug-likeness (QED) is 0.548. The number of halogens is 1. The second-order valence-electron chi connectivity index (χ2n) is 5.13. The Morgan fingerprint density at radius 1 is 1.32 bits per heavy atom. The van der Waals surface area contributed by atoms with E-state index in [-0.39, 0.29) is 5.78 Å². The fourth-order valence-corrected chi connectivity index (χ4v) is 2.55. The van der Waals surface area contributed by atoms with E-state index in [2.05, 4.69) is 22.2 Å². The first-order chi connectivity index (χ1) is 10.6. The van der Waals surface area contributed by atoms with Crippen LogP contribution in [0.25, 0.3) is 5.65 Å². The number of ketones is 1. The van der Waals surface area contributed by atoms with Crippen LogP contribution in [0, 0.1) is 0 Å². The van der Waals surface area contributed by atoms with Crippen LogP contribution in [-0.4, -0.2) is 27.4 Å². The van der Waals surface area contributed by atoms with Gasteiger partial charge in [-0.05, 0) is 12.5 Å². The summed E-state index contributed by atoms with van der Waals surface area (Å²) in [5, 5.41) is 4.62. The van der Waals surface area contributed by atoms with Gasteiger partial charge in [0.25, 0.3) is 0 Å². The summed E-state index contributed by atoms with van der Waals surface area (Å²) in [4.78, 5) is 17.9. The van der Waals surface area contributed by atoms with E-state index in [1.165, 1.54) is 18.7 Å². The zero-order valence-corrected chi connectivity index (χ0v) is 13.1. The number of hydrogen-bond donors (Lipinski definition) is 0. The van der Waals surface area contributed by atoms with Crippen LogP contribution in [0.2, 0.25) is 5.15 Å². The molecule has 0 spiro atoms. The molecule has 2 aromatic heterocycles. The number of fused-ring (bicyclic) bond motifs is 1.